The number of hydrogen-bond donors (Lipinski definition) is 1. The second-order valence-corrected chi connectivity index (χ2v) is 5.83. The van der Waals surface area contributed by atoms with Crippen LogP contribution in [0.15, 0.2) is 0 Å². The topological polar surface area (TPSA) is 21.3 Å². The fourth-order valence-electron chi connectivity index (χ4n) is 1.87. The predicted molar refractivity (Wildman–Crippen MR) is 68.6 cm³/mol. The molecule has 0 aromatic carbocycles. The Morgan fingerprint density at radius 2 is 2.27 bits per heavy atom. The van der Waals surface area contributed by atoms with E-state index >= 15 is 0 Å². The van der Waals surface area contributed by atoms with E-state index in [1.165, 1.54) is 30.8 Å². The standard InChI is InChI=1S/C12H25NOS/c1-4-15-8-7-10(2)13-9-12-6-5-11(3)14-12/h10-13H,4-9H2,1-3H3. The van der Waals surface area contributed by atoms with Gasteiger partial charge >= 0.3 is 0 Å². The largest absolute Gasteiger partial charge is 0.374 e. The fourth-order valence-corrected chi connectivity index (χ4v) is 2.68. The van der Waals surface area contributed by atoms with Crippen molar-refractivity contribution in [2.24, 2.45) is 0 Å². The minimum atomic E-state index is 0.460. The van der Waals surface area contributed by atoms with Gasteiger partial charge in [-0.1, -0.05) is 6.92 Å². The fraction of sp³-hybridized carbons (Fsp3) is 1.00. The highest BCUT2D eigenvalue weighted by Gasteiger charge is 2.21. The maximum atomic E-state index is 5.77. The van der Waals surface area contributed by atoms with Crippen molar-refractivity contribution in [2.75, 3.05) is 18.1 Å². The smallest absolute Gasteiger partial charge is 0.0704 e. The van der Waals surface area contributed by atoms with Gasteiger partial charge in [-0.3, -0.25) is 0 Å². The summed E-state index contributed by atoms with van der Waals surface area (Å²) in [6.07, 6.45) is 4.65. The van der Waals surface area contributed by atoms with Gasteiger partial charge in [0, 0.05) is 12.6 Å². The first-order chi connectivity index (χ1) is 7.22. The molecule has 90 valence electrons. The predicted octanol–water partition coefficient (Wildman–Crippen LogP) is 2.68. The van der Waals surface area contributed by atoms with E-state index in [0.29, 0.717) is 18.2 Å². The van der Waals surface area contributed by atoms with E-state index in [1.807, 2.05) is 11.8 Å². The van der Waals surface area contributed by atoms with E-state index in [9.17, 15) is 0 Å². The van der Waals surface area contributed by atoms with E-state index in [0.717, 1.165) is 6.54 Å². The molecule has 0 bridgehead atoms. The lowest BCUT2D eigenvalue weighted by atomic mass is 10.2. The summed E-state index contributed by atoms with van der Waals surface area (Å²) in [6, 6.07) is 0.628. The molecule has 3 heteroatoms. The molecule has 15 heavy (non-hydrogen) atoms. The third-order valence-corrected chi connectivity index (χ3v) is 3.85. The summed E-state index contributed by atoms with van der Waals surface area (Å²) in [5.74, 6) is 2.50. The minimum Gasteiger partial charge on any atom is -0.374 e. The highest BCUT2D eigenvalue weighted by atomic mass is 32.2. The summed E-state index contributed by atoms with van der Waals surface area (Å²) in [5, 5.41) is 3.57. The summed E-state index contributed by atoms with van der Waals surface area (Å²) < 4.78 is 5.77. The highest BCUT2D eigenvalue weighted by molar-refractivity contribution is 7.99. The average Bonchev–Trinajstić information content (AvgIpc) is 2.62. The Morgan fingerprint density at radius 1 is 1.47 bits per heavy atom. The molecule has 0 spiro atoms. The first-order valence-electron chi connectivity index (χ1n) is 6.19. The Morgan fingerprint density at radius 3 is 2.87 bits per heavy atom. The van der Waals surface area contributed by atoms with Crippen molar-refractivity contribution < 1.29 is 4.74 Å². The van der Waals surface area contributed by atoms with Crippen LogP contribution >= 0.6 is 11.8 Å². The molecular weight excluding hydrogens is 206 g/mol. The van der Waals surface area contributed by atoms with Crippen LogP contribution in [-0.4, -0.2) is 36.3 Å². The van der Waals surface area contributed by atoms with E-state index in [4.69, 9.17) is 4.74 Å². The van der Waals surface area contributed by atoms with Crippen LogP contribution in [0.2, 0.25) is 0 Å². The summed E-state index contributed by atoms with van der Waals surface area (Å²) in [6.45, 7) is 7.69. The molecule has 0 amide bonds. The Kier molecular flexibility index (Phi) is 6.69. The van der Waals surface area contributed by atoms with E-state index in [-0.39, 0.29) is 0 Å². The molecule has 1 heterocycles. The summed E-state index contributed by atoms with van der Waals surface area (Å²) in [5.41, 5.74) is 0. The van der Waals surface area contributed by atoms with Crippen molar-refractivity contribution in [1.29, 1.82) is 0 Å². The molecule has 0 aromatic rings. The van der Waals surface area contributed by atoms with Crippen molar-refractivity contribution in [1.82, 2.24) is 5.32 Å². The minimum absolute atomic E-state index is 0.460. The SMILES string of the molecule is CCSCCC(C)NCC1CCC(C)O1. The van der Waals surface area contributed by atoms with Gasteiger partial charge in [-0.15, -0.1) is 0 Å². The van der Waals surface area contributed by atoms with Crippen LogP contribution < -0.4 is 5.32 Å². The van der Waals surface area contributed by atoms with Gasteiger partial charge in [0.05, 0.1) is 12.2 Å². The van der Waals surface area contributed by atoms with Crippen molar-refractivity contribution in [3.63, 3.8) is 0 Å². The van der Waals surface area contributed by atoms with Crippen LogP contribution in [0, 0.1) is 0 Å². The molecule has 1 rings (SSSR count). The second kappa shape index (κ2) is 7.53. The number of hydrogen-bond acceptors (Lipinski definition) is 3. The first kappa shape index (κ1) is 13.3. The van der Waals surface area contributed by atoms with Crippen molar-refractivity contribution in [3.8, 4) is 0 Å². The van der Waals surface area contributed by atoms with Gasteiger partial charge in [0.15, 0.2) is 0 Å². The van der Waals surface area contributed by atoms with Crippen LogP contribution in [0.1, 0.15) is 40.0 Å². The average molecular weight is 231 g/mol. The van der Waals surface area contributed by atoms with Crippen LogP contribution in [0.3, 0.4) is 0 Å². The Hall–Kier alpha value is 0.270. The van der Waals surface area contributed by atoms with Gasteiger partial charge in [-0.05, 0) is 44.6 Å². The molecule has 0 aliphatic carbocycles. The van der Waals surface area contributed by atoms with Crippen molar-refractivity contribution in [2.45, 2.75) is 58.3 Å². The molecule has 0 aromatic heterocycles. The van der Waals surface area contributed by atoms with Crippen molar-refractivity contribution >= 4 is 11.8 Å². The van der Waals surface area contributed by atoms with Gasteiger partial charge in [0.25, 0.3) is 0 Å². The zero-order chi connectivity index (χ0) is 11.1. The van der Waals surface area contributed by atoms with Gasteiger partial charge in [-0.2, -0.15) is 11.8 Å². The molecule has 0 saturated carbocycles. The van der Waals surface area contributed by atoms with Crippen molar-refractivity contribution in [3.05, 3.63) is 0 Å². The lowest BCUT2D eigenvalue weighted by molar-refractivity contribution is 0.0546. The van der Waals surface area contributed by atoms with Gasteiger partial charge in [0.1, 0.15) is 0 Å². The highest BCUT2D eigenvalue weighted by Crippen LogP contribution is 2.18. The maximum Gasteiger partial charge on any atom is 0.0704 e. The summed E-state index contributed by atoms with van der Waals surface area (Å²) >= 11 is 2.02. The Balaban J connectivity index is 1.98. The Labute approximate surface area is 98.5 Å². The molecule has 2 nitrogen and oxygen atoms in total. The zero-order valence-electron chi connectivity index (χ0n) is 10.3. The third-order valence-electron chi connectivity index (χ3n) is 2.91. The molecule has 1 saturated heterocycles. The van der Waals surface area contributed by atoms with Gasteiger partial charge in [0.2, 0.25) is 0 Å². The molecular formula is C12H25NOS. The maximum absolute atomic E-state index is 5.77. The number of rotatable bonds is 7. The quantitative estimate of drug-likeness (QED) is 0.681. The molecule has 0 radical (unpaired) electrons. The van der Waals surface area contributed by atoms with Gasteiger partial charge < -0.3 is 10.1 Å². The molecule has 1 aliphatic rings. The van der Waals surface area contributed by atoms with Crippen LogP contribution in [0.5, 0.6) is 0 Å². The zero-order valence-corrected chi connectivity index (χ0v) is 11.1. The second-order valence-electron chi connectivity index (χ2n) is 4.44. The van der Waals surface area contributed by atoms with Crippen LogP contribution in [0.4, 0.5) is 0 Å². The monoisotopic (exact) mass is 231 g/mol. The van der Waals surface area contributed by atoms with Crippen LogP contribution in [-0.2, 0) is 4.74 Å². The number of ether oxygens (including phenoxy) is 1. The molecule has 1 fully saturated rings. The number of nitrogens with one attached hydrogen (secondary N) is 1. The molecule has 3 atom stereocenters. The Bertz CT molecular complexity index is 166. The lowest BCUT2D eigenvalue weighted by Crippen LogP contribution is -2.34. The van der Waals surface area contributed by atoms with E-state index < -0.39 is 0 Å². The van der Waals surface area contributed by atoms with E-state index in [2.05, 4.69) is 26.1 Å². The van der Waals surface area contributed by atoms with Gasteiger partial charge in [-0.25, -0.2) is 0 Å². The third kappa shape index (κ3) is 5.79. The number of thioether (sulfide) groups is 1. The molecule has 1 N–H and O–H groups in total. The van der Waals surface area contributed by atoms with E-state index in [1.54, 1.807) is 0 Å². The summed E-state index contributed by atoms with van der Waals surface area (Å²) in [7, 11) is 0. The molecule has 1 aliphatic heterocycles. The van der Waals surface area contributed by atoms with Crippen LogP contribution in [0.25, 0.3) is 0 Å². The lowest BCUT2D eigenvalue weighted by Gasteiger charge is -2.17. The first-order valence-corrected chi connectivity index (χ1v) is 7.34. The molecule has 3 unspecified atom stereocenters. The normalized spacial score (nSPS) is 28.2. The summed E-state index contributed by atoms with van der Waals surface area (Å²) in [4.78, 5) is 0.